The summed E-state index contributed by atoms with van der Waals surface area (Å²) in [5, 5.41) is 4.14. The van der Waals surface area contributed by atoms with Crippen molar-refractivity contribution in [3.63, 3.8) is 0 Å². The Labute approximate surface area is 92.2 Å². The summed E-state index contributed by atoms with van der Waals surface area (Å²) in [7, 11) is 0. The van der Waals surface area contributed by atoms with E-state index in [0.717, 1.165) is 29.7 Å². The monoisotopic (exact) mass is 216 g/mol. The average molecular weight is 216 g/mol. The van der Waals surface area contributed by atoms with E-state index in [9.17, 15) is 4.79 Å². The van der Waals surface area contributed by atoms with Crippen LogP contribution < -0.4 is 15.6 Å². The van der Waals surface area contributed by atoms with E-state index in [0.29, 0.717) is 0 Å². The van der Waals surface area contributed by atoms with E-state index < -0.39 is 0 Å². The van der Waals surface area contributed by atoms with Crippen LogP contribution in [-0.4, -0.2) is 24.2 Å². The predicted octanol–water partition coefficient (Wildman–Crippen LogP) is 0.879. The Bertz CT molecular complexity index is 572. The molecule has 1 fully saturated rings. The van der Waals surface area contributed by atoms with Gasteiger partial charge in [-0.05, 0) is 24.3 Å². The molecule has 2 heterocycles. The molecular weight excluding hydrogens is 204 g/mol. The molecule has 0 bridgehead atoms. The van der Waals surface area contributed by atoms with E-state index in [1.54, 1.807) is 6.07 Å². The maximum atomic E-state index is 11.1. The molecule has 1 saturated heterocycles. The molecule has 0 saturated carbocycles. The van der Waals surface area contributed by atoms with Gasteiger partial charge in [0.25, 0.3) is 0 Å². The molecule has 2 aromatic rings. The minimum absolute atomic E-state index is 0.0793. The fourth-order valence-corrected chi connectivity index (χ4v) is 1.74. The summed E-state index contributed by atoms with van der Waals surface area (Å²) in [5.41, 5.74) is 0.760. The van der Waals surface area contributed by atoms with Gasteiger partial charge in [-0.2, -0.15) is 0 Å². The molecule has 4 nitrogen and oxygen atoms in total. The number of pyridine rings is 1. The van der Waals surface area contributed by atoms with Gasteiger partial charge in [-0.1, -0.05) is 0 Å². The third kappa shape index (κ3) is 1.67. The second-order valence-electron chi connectivity index (χ2n) is 3.97. The van der Waals surface area contributed by atoms with Crippen LogP contribution in [-0.2, 0) is 0 Å². The average Bonchev–Trinajstić information content (AvgIpc) is 2.23. The Morgan fingerprint density at radius 1 is 1.19 bits per heavy atom. The van der Waals surface area contributed by atoms with E-state index in [2.05, 4.69) is 10.3 Å². The zero-order valence-electron chi connectivity index (χ0n) is 8.69. The van der Waals surface area contributed by atoms with Gasteiger partial charge in [-0.3, -0.25) is 4.79 Å². The minimum Gasteiger partial charge on any atom is -0.488 e. The normalized spacial score (nSPS) is 16.0. The largest absolute Gasteiger partial charge is 0.488 e. The quantitative estimate of drug-likeness (QED) is 0.783. The molecule has 1 aliphatic heterocycles. The van der Waals surface area contributed by atoms with Gasteiger partial charge in [0.1, 0.15) is 11.9 Å². The Kier molecular flexibility index (Phi) is 2.15. The fourth-order valence-electron chi connectivity index (χ4n) is 1.74. The first-order valence-corrected chi connectivity index (χ1v) is 5.32. The van der Waals surface area contributed by atoms with Crippen LogP contribution >= 0.6 is 0 Å². The highest BCUT2D eigenvalue weighted by atomic mass is 16.5. The Hall–Kier alpha value is -1.81. The molecule has 4 heteroatoms. The highest BCUT2D eigenvalue weighted by Gasteiger charge is 2.18. The summed E-state index contributed by atoms with van der Waals surface area (Å²) >= 11 is 0. The second-order valence-corrected chi connectivity index (χ2v) is 3.97. The molecule has 1 aromatic carbocycles. The van der Waals surface area contributed by atoms with Crippen LogP contribution in [0.2, 0.25) is 0 Å². The number of ether oxygens (including phenoxy) is 1. The van der Waals surface area contributed by atoms with E-state index in [-0.39, 0.29) is 11.7 Å². The first kappa shape index (κ1) is 9.42. The number of rotatable bonds is 2. The topological polar surface area (TPSA) is 54.1 Å². The lowest BCUT2D eigenvalue weighted by Crippen LogP contribution is -2.50. The van der Waals surface area contributed by atoms with Crippen molar-refractivity contribution < 1.29 is 4.74 Å². The molecule has 0 unspecified atom stereocenters. The van der Waals surface area contributed by atoms with E-state index in [1.807, 2.05) is 18.2 Å². The van der Waals surface area contributed by atoms with Gasteiger partial charge in [0.05, 0.1) is 0 Å². The van der Waals surface area contributed by atoms with E-state index in [1.165, 1.54) is 6.07 Å². The van der Waals surface area contributed by atoms with Crippen molar-refractivity contribution in [2.45, 2.75) is 6.10 Å². The first-order valence-electron chi connectivity index (χ1n) is 5.32. The summed E-state index contributed by atoms with van der Waals surface area (Å²) in [6.07, 6.45) is 0.278. The third-order valence-corrected chi connectivity index (χ3v) is 2.74. The van der Waals surface area contributed by atoms with Gasteiger partial charge in [-0.25, -0.2) is 0 Å². The number of benzene rings is 1. The smallest absolute Gasteiger partial charge is 0.248 e. The maximum absolute atomic E-state index is 11.1. The molecule has 0 amide bonds. The van der Waals surface area contributed by atoms with Crippen molar-refractivity contribution in [3.8, 4) is 5.75 Å². The van der Waals surface area contributed by atoms with Gasteiger partial charge in [0, 0.05) is 30.1 Å². The second kappa shape index (κ2) is 3.64. The van der Waals surface area contributed by atoms with Crippen molar-refractivity contribution in [2.24, 2.45) is 0 Å². The highest BCUT2D eigenvalue weighted by Crippen LogP contribution is 2.19. The molecule has 1 aliphatic rings. The van der Waals surface area contributed by atoms with Gasteiger partial charge < -0.3 is 15.0 Å². The van der Waals surface area contributed by atoms with Crippen LogP contribution in [0.25, 0.3) is 10.9 Å². The zero-order chi connectivity index (χ0) is 11.0. The van der Waals surface area contributed by atoms with Crippen LogP contribution in [0, 0.1) is 0 Å². The molecule has 0 radical (unpaired) electrons. The molecule has 2 N–H and O–H groups in total. The lowest BCUT2D eigenvalue weighted by atomic mass is 10.2. The van der Waals surface area contributed by atoms with Crippen LogP contribution in [0.15, 0.2) is 35.1 Å². The number of fused-ring (bicyclic) bond motifs is 1. The van der Waals surface area contributed by atoms with Crippen LogP contribution in [0.1, 0.15) is 0 Å². The molecular formula is C12H12N2O2. The van der Waals surface area contributed by atoms with Gasteiger partial charge in [0.15, 0.2) is 0 Å². The molecule has 3 rings (SSSR count). The van der Waals surface area contributed by atoms with Gasteiger partial charge in [-0.15, -0.1) is 0 Å². The number of hydrogen-bond donors (Lipinski definition) is 2. The summed E-state index contributed by atoms with van der Waals surface area (Å²) in [6, 6.07) is 9.04. The van der Waals surface area contributed by atoms with Crippen LogP contribution in [0.5, 0.6) is 5.75 Å². The number of H-pyrrole nitrogens is 1. The molecule has 82 valence electrons. The SMILES string of the molecule is O=c1ccc2cc(OC3CNC3)ccc2[nH]1. The zero-order valence-corrected chi connectivity index (χ0v) is 8.69. The van der Waals surface area contributed by atoms with Crippen LogP contribution in [0.3, 0.4) is 0 Å². The highest BCUT2D eigenvalue weighted by molar-refractivity contribution is 5.79. The first-order chi connectivity index (χ1) is 7.81. The number of nitrogens with one attached hydrogen (secondary N) is 2. The maximum Gasteiger partial charge on any atom is 0.248 e. The van der Waals surface area contributed by atoms with Crippen molar-refractivity contribution in [3.05, 3.63) is 40.7 Å². The fraction of sp³-hybridized carbons (Fsp3) is 0.250. The summed E-state index contributed by atoms with van der Waals surface area (Å²) in [6.45, 7) is 1.81. The summed E-state index contributed by atoms with van der Waals surface area (Å²) in [5.74, 6) is 0.853. The number of hydrogen-bond acceptors (Lipinski definition) is 3. The molecule has 0 atom stereocenters. The van der Waals surface area contributed by atoms with Crippen LogP contribution in [0.4, 0.5) is 0 Å². The van der Waals surface area contributed by atoms with Crippen molar-refractivity contribution in [1.82, 2.24) is 10.3 Å². The van der Waals surface area contributed by atoms with Gasteiger partial charge in [0.2, 0.25) is 5.56 Å². The lowest BCUT2D eigenvalue weighted by Gasteiger charge is -2.27. The van der Waals surface area contributed by atoms with E-state index >= 15 is 0 Å². The van der Waals surface area contributed by atoms with E-state index in [4.69, 9.17) is 4.74 Å². The Morgan fingerprint density at radius 3 is 2.81 bits per heavy atom. The molecule has 0 aliphatic carbocycles. The predicted molar refractivity (Wildman–Crippen MR) is 61.9 cm³/mol. The standard InChI is InChI=1S/C12H12N2O2/c15-12-4-1-8-5-9(2-3-11(8)14-12)16-10-6-13-7-10/h1-5,10,13H,6-7H2,(H,14,15). The molecule has 16 heavy (non-hydrogen) atoms. The lowest BCUT2D eigenvalue weighted by molar-refractivity contribution is 0.142. The van der Waals surface area contributed by atoms with Crippen molar-refractivity contribution >= 4 is 10.9 Å². The van der Waals surface area contributed by atoms with Crippen molar-refractivity contribution in [2.75, 3.05) is 13.1 Å². The molecule has 0 spiro atoms. The Balaban J connectivity index is 1.95. The minimum atomic E-state index is -0.0793. The molecule has 1 aromatic heterocycles. The van der Waals surface area contributed by atoms with Gasteiger partial charge >= 0.3 is 0 Å². The Morgan fingerprint density at radius 2 is 2.06 bits per heavy atom. The third-order valence-electron chi connectivity index (χ3n) is 2.74. The summed E-state index contributed by atoms with van der Waals surface area (Å²) in [4.78, 5) is 13.9. The van der Waals surface area contributed by atoms with Crippen molar-refractivity contribution in [1.29, 1.82) is 0 Å². The number of aromatic amines is 1. The summed E-state index contributed by atoms with van der Waals surface area (Å²) < 4.78 is 5.73. The number of aromatic nitrogens is 1.